The Hall–Kier alpha value is -3.06. The van der Waals surface area contributed by atoms with Crippen molar-refractivity contribution >= 4 is 22.7 Å². The summed E-state index contributed by atoms with van der Waals surface area (Å²) in [7, 11) is 3.21. The van der Waals surface area contributed by atoms with E-state index in [1.807, 2.05) is 12.1 Å². The molecule has 1 aliphatic rings. The molecule has 4 rings (SSSR count). The first kappa shape index (κ1) is 19.3. The van der Waals surface area contributed by atoms with E-state index in [1.54, 1.807) is 14.2 Å². The number of fused-ring (bicyclic) bond motifs is 1. The zero-order chi connectivity index (χ0) is 20.4. The molecule has 0 unspecified atom stereocenters. The van der Waals surface area contributed by atoms with Crippen LogP contribution in [0.25, 0.3) is 10.9 Å². The monoisotopic (exact) mass is 393 g/mol. The fraction of sp³-hybridized carbons (Fsp3) is 0.364. The molecule has 1 aliphatic heterocycles. The first-order valence-electron chi connectivity index (χ1n) is 9.86. The van der Waals surface area contributed by atoms with Gasteiger partial charge in [-0.05, 0) is 36.0 Å². The Labute approximate surface area is 170 Å². The van der Waals surface area contributed by atoms with Gasteiger partial charge in [-0.1, -0.05) is 24.3 Å². The highest BCUT2D eigenvalue weighted by Gasteiger charge is 2.24. The molecule has 152 valence electrons. The molecule has 7 nitrogen and oxygen atoms in total. The van der Waals surface area contributed by atoms with Crippen LogP contribution in [0.5, 0.6) is 11.5 Å². The molecule has 4 N–H and O–H groups in total. The molecular formula is C22H27N5O2. The largest absolute Gasteiger partial charge is 0.493 e. The molecule has 0 saturated carbocycles. The zero-order valence-electron chi connectivity index (χ0n) is 16.9. The highest BCUT2D eigenvalue weighted by atomic mass is 16.5. The molecule has 0 radical (unpaired) electrons. The molecule has 1 aromatic heterocycles. The summed E-state index contributed by atoms with van der Waals surface area (Å²) in [6.45, 7) is 2.33. The number of nitrogens with two attached hydrogens (primary N) is 2. The summed E-state index contributed by atoms with van der Waals surface area (Å²) in [5, 5.41) is 0.762. The summed E-state index contributed by atoms with van der Waals surface area (Å²) in [6.07, 6.45) is 2.06. The van der Waals surface area contributed by atoms with Crippen LogP contribution >= 0.6 is 0 Å². The minimum atomic E-state index is 0.446. The van der Waals surface area contributed by atoms with Gasteiger partial charge in [0.2, 0.25) is 5.95 Å². The van der Waals surface area contributed by atoms with Gasteiger partial charge in [-0.2, -0.15) is 4.98 Å². The Morgan fingerprint density at radius 2 is 1.72 bits per heavy atom. The van der Waals surface area contributed by atoms with Gasteiger partial charge in [0.05, 0.1) is 19.7 Å². The second-order valence-corrected chi connectivity index (χ2v) is 7.30. The number of rotatable bonds is 5. The van der Waals surface area contributed by atoms with Crippen molar-refractivity contribution < 1.29 is 9.47 Å². The molecule has 0 amide bonds. The molecule has 7 heteroatoms. The Morgan fingerprint density at radius 1 is 1.03 bits per heavy atom. The third-order valence-electron chi connectivity index (χ3n) is 5.71. The number of hydrogen-bond donors (Lipinski definition) is 2. The molecule has 3 aromatic rings. The first-order valence-corrected chi connectivity index (χ1v) is 9.86. The van der Waals surface area contributed by atoms with E-state index in [2.05, 4.69) is 34.1 Å². The molecule has 2 aromatic carbocycles. The lowest BCUT2D eigenvalue weighted by Gasteiger charge is -2.33. The standard InChI is InChI=1S/C22H27N5O2/c1-28-19-11-17-18(12-20(19)29-2)25-22(26-21(17)24)27-9-7-14(8-10-27)16-6-4-3-5-15(16)13-23/h3-6,11-12,14H,7-10,13,23H2,1-2H3,(H2,24,25,26). The number of anilines is 2. The molecule has 2 heterocycles. The van der Waals surface area contributed by atoms with Crippen LogP contribution in [-0.4, -0.2) is 37.3 Å². The van der Waals surface area contributed by atoms with Crippen LogP contribution in [-0.2, 0) is 6.54 Å². The van der Waals surface area contributed by atoms with Gasteiger partial charge in [0.15, 0.2) is 11.5 Å². The predicted molar refractivity (Wildman–Crippen MR) is 116 cm³/mol. The van der Waals surface area contributed by atoms with Crippen molar-refractivity contribution in [2.24, 2.45) is 5.73 Å². The molecule has 0 spiro atoms. The maximum absolute atomic E-state index is 6.25. The van der Waals surface area contributed by atoms with Crippen molar-refractivity contribution in [2.45, 2.75) is 25.3 Å². The van der Waals surface area contributed by atoms with Crippen LogP contribution in [0.1, 0.15) is 29.9 Å². The second kappa shape index (κ2) is 8.13. The van der Waals surface area contributed by atoms with E-state index >= 15 is 0 Å². The van der Waals surface area contributed by atoms with Crippen molar-refractivity contribution in [3.05, 3.63) is 47.5 Å². The van der Waals surface area contributed by atoms with Crippen LogP contribution in [0.15, 0.2) is 36.4 Å². The normalized spacial score (nSPS) is 14.9. The van der Waals surface area contributed by atoms with E-state index in [4.69, 9.17) is 25.9 Å². The quantitative estimate of drug-likeness (QED) is 0.687. The Kier molecular flexibility index (Phi) is 5.40. The molecule has 29 heavy (non-hydrogen) atoms. The van der Waals surface area contributed by atoms with Crippen molar-refractivity contribution in [1.82, 2.24) is 9.97 Å². The lowest BCUT2D eigenvalue weighted by atomic mass is 9.86. The summed E-state index contributed by atoms with van der Waals surface area (Å²) in [6, 6.07) is 12.1. The van der Waals surface area contributed by atoms with Crippen LogP contribution < -0.4 is 25.8 Å². The summed E-state index contributed by atoms with van der Waals surface area (Å²) in [5.74, 6) is 2.85. The average Bonchev–Trinajstić information content (AvgIpc) is 2.78. The second-order valence-electron chi connectivity index (χ2n) is 7.30. The van der Waals surface area contributed by atoms with Crippen molar-refractivity contribution in [3.63, 3.8) is 0 Å². The number of ether oxygens (including phenoxy) is 2. The van der Waals surface area contributed by atoms with Gasteiger partial charge in [-0.3, -0.25) is 0 Å². The Morgan fingerprint density at radius 3 is 2.41 bits per heavy atom. The number of methoxy groups -OCH3 is 2. The fourth-order valence-corrected chi connectivity index (χ4v) is 4.12. The number of nitrogen functional groups attached to an aromatic ring is 1. The maximum atomic E-state index is 6.25. The average molecular weight is 393 g/mol. The molecule has 1 saturated heterocycles. The summed E-state index contributed by atoms with van der Waals surface area (Å²) >= 11 is 0. The van der Waals surface area contributed by atoms with Gasteiger partial charge in [0.1, 0.15) is 5.82 Å². The highest BCUT2D eigenvalue weighted by molar-refractivity contribution is 5.91. The minimum Gasteiger partial charge on any atom is -0.493 e. The summed E-state index contributed by atoms with van der Waals surface area (Å²) < 4.78 is 10.8. The molecule has 0 bridgehead atoms. The third kappa shape index (κ3) is 3.65. The maximum Gasteiger partial charge on any atom is 0.227 e. The van der Waals surface area contributed by atoms with Gasteiger partial charge in [0, 0.05) is 31.1 Å². The lowest BCUT2D eigenvalue weighted by Crippen LogP contribution is -2.34. The van der Waals surface area contributed by atoms with Crippen LogP contribution in [0.3, 0.4) is 0 Å². The Balaban J connectivity index is 1.58. The van der Waals surface area contributed by atoms with Crippen LogP contribution in [0, 0.1) is 0 Å². The summed E-state index contributed by atoms with van der Waals surface area (Å²) in [4.78, 5) is 11.5. The third-order valence-corrected chi connectivity index (χ3v) is 5.71. The fourth-order valence-electron chi connectivity index (χ4n) is 4.12. The van der Waals surface area contributed by atoms with Gasteiger partial charge < -0.3 is 25.8 Å². The van der Waals surface area contributed by atoms with Gasteiger partial charge >= 0.3 is 0 Å². The van der Waals surface area contributed by atoms with E-state index in [0.717, 1.165) is 36.8 Å². The Bertz CT molecular complexity index is 1020. The minimum absolute atomic E-state index is 0.446. The highest BCUT2D eigenvalue weighted by Crippen LogP contribution is 2.35. The van der Waals surface area contributed by atoms with Gasteiger partial charge in [0.25, 0.3) is 0 Å². The van der Waals surface area contributed by atoms with Crippen LogP contribution in [0.4, 0.5) is 11.8 Å². The lowest BCUT2D eigenvalue weighted by molar-refractivity contribution is 0.356. The number of hydrogen-bond acceptors (Lipinski definition) is 7. The number of aromatic nitrogens is 2. The zero-order valence-corrected chi connectivity index (χ0v) is 16.9. The SMILES string of the molecule is COc1cc2nc(N3CCC(c4ccccc4CN)CC3)nc(N)c2cc1OC. The number of benzene rings is 2. The molecule has 0 aliphatic carbocycles. The number of nitrogens with zero attached hydrogens (tertiary/aromatic N) is 3. The van der Waals surface area contributed by atoms with E-state index in [9.17, 15) is 0 Å². The topological polar surface area (TPSA) is 99.5 Å². The van der Waals surface area contributed by atoms with E-state index < -0.39 is 0 Å². The van der Waals surface area contributed by atoms with Crippen molar-refractivity contribution in [1.29, 1.82) is 0 Å². The molecule has 0 atom stereocenters. The van der Waals surface area contributed by atoms with Gasteiger partial charge in [-0.15, -0.1) is 0 Å². The van der Waals surface area contributed by atoms with Crippen molar-refractivity contribution in [2.75, 3.05) is 37.9 Å². The molecular weight excluding hydrogens is 366 g/mol. The molecule has 1 fully saturated rings. The smallest absolute Gasteiger partial charge is 0.227 e. The van der Waals surface area contributed by atoms with Crippen molar-refractivity contribution in [3.8, 4) is 11.5 Å². The van der Waals surface area contributed by atoms with Crippen LogP contribution in [0.2, 0.25) is 0 Å². The van der Waals surface area contributed by atoms with E-state index in [-0.39, 0.29) is 0 Å². The van der Waals surface area contributed by atoms with Gasteiger partial charge in [-0.25, -0.2) is 4.98 Å². The number of piperidine rings is 1. The predicted octanol–water partition coefficient (Wildman–Crippen LogP) is 3.07. The van der Waals surface area contributed by atoms with E-state index in [1.165, 1.54) is 11.1 Å². The first-order chi connectivity index (χ1) is 14.1. The summed E-state index contributed by atoms with van der Waals surface area (Å²) in [5.41, 5.74) is 15.5. The van der Waals surface area contributed by atoms with E-state index in [0.29, 0.717) is 35.7 Å².